The molecular weight excluding hydrogens is 238 g/mol. The molecule has 2 rings (SSSR count). The normalized spacial score (nSPS) is 16.0. The lowest BCUT2D eigenvalue weighted by atomic mass is 10.4. The van der Waals surface area contributed by atoms with Gasteiger partial charge in [-0.3, -0.25) is 4.79 Å². The van der Waals surface area contributed by atoms with Crippen molar-refractivity contribution < 1.29 is 22.7 Å². The summed E-state index contributed by atoms with van der Waals surface area (Å²) in [4.78, 5) is 10.2. The predicted molar refractivity (Wildman–Crippen MR) is 51.3 cm³/mol. The number of anilines is 1. The molecule has 0 unspecified atom stereocenters. The summed E-state index contributed by atoms with van der Waals surface area (Å²) >= 11 is 0. The minimum atomic E-state index is -3.97. The van der Waals surface area contributed by atoms with Crippen LogP contribution in [0.2, 0.25) is 0 Å². The van der Waals surface area contributed by atoms with E-state index < -0.39 is 21.7 Å². The van der Waals surface area contributed by atoms with Crippen molar-refractivity contribution in [3.05, 3.63) is 5.89 Å². The van der Waals surface area contributed by atoms with E-state index in [1.807, 2.05) is 4.72 Å². The van der Waals surface area contributed by atoms with Crippen molar-refractivity contribution in [1.29, 1.82) is 0 Å². The maximum Gasteiger partial charge on any atom is 0.329 e. The van der Waals surface area contributed by atoms with Crippen molar-refractivity contribution in [2.24, 2.45) is 0 Å². The number of sulfonamides is 1. The van der Waals surface area contributed by atoms with E-state index in [-0.39, 0.29) is 11.9 Å². The fourth-order valence-corrected chi connectivity index (χ4v) is 1.85. The number of carboxylic acid groups (broad SMARTS) is 1. The zero-order valence-electron chi connectivity index (χ0n) is 8.08. The summed E-state index contributed by atoms with van der Waals surface area (Å²) in [6.07, 6.45) is 1.90. The molecule has 1 heterocycles. The van der Waals surface area contributed by atoms with E-state index in [2.05, 4.69) is 10.2 Å². The number of rotatable bonds is 5. The van der Waals surface area contributed by atoms with Gasteiger partial charge in [-0.25, -0.2) is 13.1 Å². The van der Waals surface area contributed by atoms with Crippen LogP contribution in [0.1, 0.15) is 24.7 Å². The Bertz CT molecular complexity index is 504. The van der Waals surface area contributed by atoms with E-state index in [1.165, 1.54) is 0 Å². The third-order valence-corrected chi connectivity index (χ3v) is 3.04. The quantitative estimate of drug-likeness (QED) is 0.736. The molecule has 1 saturated carbocycles. The smallest absolute Gasteiger partial charge is 0.329 e. The summed E-state index contributed by atoms with van der Waals surface area (Å²) in [5.74, 6) is -1.89. The second-order valence-electron chi connectivity index (χ2n) is 3.47. The molecule has 0 saturated heterocycles. The van der Waals surface area contributed by atoms with Crippen LogP contribution >= 0.6 is 0 Å². The Morgan fingerprint density at radius 3 is 2.75 bits per heavy atom. The van der Waals surface area contributed by atoms with Crippen LogP contribution in [0.25, 0.3) is 0 Å². The molecule has 2 N–H and O–H groups in total. The van der Waals surface area contributed by atoms with Crippen LogP contribution in [0.15, 0.2) is 4.42 Å². The van der Waals surface area contributed by atoms with Gasteiger partial charge in [0, 0.05) is 5.92 Å². The first-order valence-corrected chi connectivity index (χ1v) is 6.17. The number of hydrogen-bond donors (Lipinski definition) is 2. The Balaban J connectivity index is 2.04. The van der Waals surface area contributed by atoms with Crippen LogP contribution in [0.4, 0.5) is 6.01 Å². The third kappa shape index (κ3) is 2.69. The summed E-state index contributed by atoms with van der Waals surface area (Å²) in [5, 5.41) is 15.5. The second-order valence-corrected chi connectivity index (χ2v) is 5.20. The predicted octanol–water partition coefficient (Wildman–Crippen LogP) is -0.227. The van der Waals surface area contributed by atoms with Gasteiger partial charge < -0.3 is 9.52 Å². The van der Waals surface area contributed by atoms with E-state index in [4.69, 9.17) is 9.52 Å². The number of aliphatic carboxylic acids is 1. The minimum Gasteiger partial charge on any atom is -0.480 e. The Morgan fingerprint density at radius 2 is 2.19 bits per heavy atom. The van der Waals surface area contributed by atoms with Crippen LogP contribution in [0.3, 0.4) is 0 Å². The largest absolute Gasteiger partial charge is 0.480 e. The van der Waals surface area contributed by atoms with E-state index in [9.17, 15) is 13.2 Å². The SMILES string of the molecule is O=C(O)CS(=O)(=O)Nc1nnc(C2CC2)o1. The van der Waals surface area contributed by atoms with Crippen LogP contribution in [0.5, 0.6) is 0 Å². The number of hydrogen-bond acceptors (Lipinski definition) is 6. The molecular formula is C7H9N3O5S. The standard InChI is InChI=1S/C7H9N3O5S/c11-5(12)3-16(13,14)10-7-9-8-6(15-7)4-1-2-4/h4H,1-3H2,(H,9,10)(H,11,12). The van der Waals surface area contributed by atoms with E-state index in [0.717, 1.165) is 12.8 Å². The van der Waals surface area contributed by atoms with Crippen LogP contribution < -0.4 is 4.72 Å². The molecule has 8 nitrogen and oxygen atoms in total. The lowest BCUT2D eigenvalue weighted by Gasteiger charge is -1.99. The van der Waals surface area contributed by atoms with Gasteiger partial charge in [-0.15, -0.1) is 5.10 Å². The fourth-order valence-electron chi connectivity index (χ4n) is 1.10. The highest BCUT2D eigenvalue weighted by atomic mass is 32.2. The summed E-state index contributed by atoms with van der Waals surface area (Å²) in [6.45, 7) is 0. The minimum absolute atomic E-state index is 0.213. The molecule has 16 heavy (non-hydrogen) atoms. The van der Waals surface area contributed by atoms with E-state index in [1.54, 1.807) is 0 Å². The summed E-state index contributed by atoms with van der Waals surface area (Å²) in [6, 6.07) is -0.289. The average molecular weight is 247 g/mol. The topological polar surface area (TPSA) is 122 Å². The molecule has 1 aliphatic rings. The molecule has 0 atom stereocenters. The molecule has 1 fully saturated rings. The second kappa shape index (κ2) is 3.74. The Kier molecular flexibility index (Phi) is 2.54. The molecule has 0 aromatic carbocycles. The van der Waals surface area contributed by atoms with Gasteiger partial charge in [0.05, 0.1) is 0 Å². The van der Waals surface area contributed by atoms with Gasteiger partial charge in [-0.2, -0.15) is 0 Å². The average Bonchev–Trinajstić information content (AvgIpc) is 2.86. The van der Waals surface area contributed by atoms with Crippen LogP contribution in [-0.2, 0) is 14.8 Å². The summed E-state index contributed by atoms with van der Waals surface area (Å²) in [5.41, 5.74) is 0. The molecule has 0 aliphatic heterocycles. The Hall–Kier alpha value is -1.64. The molecule has 0 bridgehead atoms. The zero-order chi connectivity index (χ0) is 11.8. The van der Waals surface area contributed by atoms with Gasteiger partial charge in [0.25, 0.3) is 0 Å². The number of nitrogens with one attached hydrogen (secondary N) is 1. The molecule has 9 heteroatoms. The molecule has 1 aliphatic carbocycles. The van der Waals surface area contributed by atoms with Crippen LogP contribution in [-0.4, -0.2) is 35.4 Å². The van der Waals surface area contributed by atoms with Crippen LogP contribution in [0, 0.1) is 0 Å². The van der Waals surface area contributed by atoms with Gasteiger partial charge in [0.1, 0.15) is 0 Å². The maximum atomic E-state index is 11.2. The van der Waals surface area contributed by atoms with Gasteiger partial charge in [-0.05, 0) is 12.8 Å². The fraction of sp³-hybridized carbons (Fsp3) is 0.571. The van der Waals surface area contributed by atoms with E-state index >= 15 is 0 Å². The highest BCUT2D eigenvalue weighted by molar-refractivity contribution is 7.93. The highest BCUT2D eigenvalue weighted by Gasteiger charge is 2.30. The first-order valence-electron chi connectivity index (χ1n) is 4.52. The third-order valence-electron chi connectivity index (χ3n) is 1.92. The molecule has 1 aromatic heterocycles. The molecule has 0 radical (unpaired) electrons. The molecule has 88 valence electrons. The molecule has 0 spiro atoms. The van der Waals surface area contributed by atoms with Crippen molar-refractivity contribution in [1.82, 2.24) is 10.2 Å². The Labute approximate surface area is 90.7 Å². The lowest BCUT2D eigenvalue weighted by Crippen LogP contribution is -2.22. The van der Waals surface area contributed by atoms with Crippen molar-refractivity contribution >= 4 is 22.0 Å². The van der Waals surface area contributed by atoms with Gasteiger partial charge in [0.15, 0.2) is 5.75 Å². The van der Waals surface area contributed by atoms with Crippen molar-refractivity contribution in [3.8, 4) is 0 Å². The molecule has 0 amide bonds. The first-order chi connectivity index (χ1) is 7.46. The van der Waals surface area contributed by atoms with Crippen molar-refractivity contribution in [3.63, 3.8) is 0 Å². The summed E-state index contributed by atoms with van der Waals surface area (Å²) in [7, 11) is -3.97. The number of aromatic nitrogens is 2. The Morgan fingerprint density at radius 1 is 1.50 bits per heavy atom. The zero-order valence-corrected chi connectivity index (χ0v) is 8.90. The summed E-state index contributed by atoms with van der Waals surface area (Å²) < 4.78 is 29.3. The first kappa shape index (κ1) is 10.9. The number of carboxylic acids is 1. The number of carbonyl (C=O) groups is 1. The monoisotopic (exact) mass is 247 g/mol. The van der Waals surface area contributed by atoms with Gasteiger partial charge >= 0.3 is 12.0 Å². The highest BCUT2D eigenvalue weighted by Crippen LogP contribution is 2.39. The van der Waals surface area contributed by atoms with E-state index in [0.29, 0.717) is 5.89 Å². The molecule has 1 aromatic rings. The maximum absolute atomic E-state index is 11.2. The van der Waals surface area contributed by atoms with Crippen molar-refractivity contribution in [2.45, 2.75) is 18.8 Å². The van der Waals surface area contributed by atoms with Gasteiger partial charge in [-0.1, -0.05) is 5.10 Å². The lowest BCUT2D eigenvalue weighted by molar-refractivity contribution is -0.134. The number of nitrogens with zero attached hydrogens (tertiary/aromatic N) is 2. The van der Waals surface area contributed by atoms with Crippen molar-refractivity contribution in [2.75, 3.05) is 10.5 Å². The van der Waals surface area contributed by atoms with Gasteiger partial charge in [0.2, 0.25) is 15.9 Å².